The van der Waals surface area contributed by atoms with E-state index in [1.165, 1.54) is 0 Å². The summed E-state index contributed by atoms with van der Waals surface area (Å²) in [7, 11) is 5.30. The minimum Gasteiger partial charge on any atom is -0.432 e. The molecule has 1 rings (SSSR count). The number of nitrogens with zero attached hydrogens (tertiary/aromatic N) is 4. The normalized spacial score (nSPS) is 22.7. The zero-order valence-electron chi connectivity index (χ0n) is 17.0. The van der Waals surface area contributed by atoms with Crippen LogP contribution >= 0.6 is 0 Å². The van der Waals surface area contributed by atoms with Crippen molar-refractivity contribution < 1.29 is 37.5 Å². The van der Waals surface area contributed by atoms with Gasteiger partial charge in [0.1, 0.15) is 0 Å². The van der Waals surface area contributed by atoms with Gasteiger partial charge in [-0.3, -0.25) is 4.79 Å². The molecule has 0 bridgehead atoms. The monoisotopic (exact) mass is 400 g/mol. The van der Waals surface area contributed by atoms with Gasteiger partial charge in [0, 0.05) is 49.7 Å². The number of rotatable bonds is 1. The average Bonchev–Trinajstić information content (AvgIpc) is 2.55. The van der Waals surface area contributed by atoms with Crippen LogP contribution in [0.1, 0.15) is 61.8 Å². The summed E-state index contributed by atoms with van der Waals surface area (Å²) in [5.74, 6) is 0.165. The van der Waals surface area contributed by atoms with E-state index in [0.717, 1.165) is 0 Å². The molecule has 0 N–H and O–H groups in total. The van der Waals surface area contributed by atoms with Crippen molar-refractivity contribution in [3.05, 3.63) is 5.41 Å². The Labute approximate surface area is 168 Å². The van der Waals surface area contributed by atoms with E-state index in [2.05, 4.69) is 13.8 Å². The molecule has 1 aliphatic heterocycles. The third kappa shape index (κ3) is 4.91. The summed E-state index contributed by atoms with van der Waals surface area (Å²) in [6.45, 7) is 16.2. The molecule has 1 atom stereocenters. The molecule has 5 nitrogen and oxygen atoms in total. The number of likely N-dealkylation sites (tertiary alicyclic amines) is 1. The smallest absolute Gasteiger partial charge is 0.235 e. The minimum atomic E-state index is -0.731. The third-order valence-electron chi connectivity index (χ3n) is 4.16. The van der Waals surface area contributed by atoms with Crippen LogP contribution in [-0.2, 0) is 37.5 Å². The molecule has 23 heavy (non-hydrogen) atoms. The number of hydrogen-bond donors (Lipinski definition) is 0. The van der Waals surface area contributed by atoms with Crippen molar-refractivity contribution in [2.45, 2.75) is 78.4 Å². The number of amides is 1. The van der Waals surface area contributed by atoms with Gasteiger partial charge in [0.25, 0.3) is 0 Å². The van der Waals surface area contributed by atoms with Crippen LogP contribution in [0, 0.1) is 0 Å². The molecule has 6 heteroatoms. The van der Waals surface area contributed by atoms with Gasteiger partial charge in [0.05, 0.1) is 5.54 Å². The second-order valence-corrected chi connectivity index (χ2v) is 7.83. The fourth-order valence-corrected chi connectivity index (χ4v) is 3.51. The number of guanidine groups is 1. The summed E-state index contributed by atoms with van der Waals surface area (Å²) in [5.41, 5.74) is -1.22. The topological polar surface area (TPSA) is 49.1 Å². The second kappa shape index (κ2) is 8.29. The van der Waals surface area contributed by atoms with Crippen molar-refractivity contribution in [2.24, 2.45) is 0 Å². The van der Waals surface area contributed by atoms with Crippen LogP contribution in [0.4, 0.5) is 0 Å². The number of likely N-dealkylation sites (N-methyl/N-ethyl adjacent to an activating group) is 1. The maximum atomic E-state index is 13.0. The quantitative estimate of drug-likeness (QED) is 0.502. The molecule has 1 saturated heterocycles. The Hall–Kier alpha value is -0.156. The summed E-state index contributed by atoms with van der Waals surface area (Å²) in [4.78, 5) is 18.2. The Morgan fingerprint density at radius 1 is 1.13 bits per heavy atom. The molecule has 1 aliphatic rings. The van der Waals surface area contributed by atoms with Crippen molar-refractivity contribution in [1.82, 2.24) is 14.7 Å². The number of carbonyl (C=O) groups is 1. The fourth-order valence-electron chi connectivity index (χ4n) is 3.51. The largest absolute Gasteiger partial charge is 0.432 e. The number of carbonyl (C=O) groups excluding carboxylic acids is 1. The van der Waals surface area contributed by atoms with Gasteiger partial charge < -0.3 is 20.1 Å². The Bertz CT molecular complexity index is 429. The minimum absolute atomic E-state index is 0. The fraction of sp³-hybridized carbons (Fsp3) is 0.882. The van der Waals surface area contributed by atoms with Crippen LogP contribution in [0.25, 0.3) is 5.41 Å². The van der Waals surface area contributed by atoms with Crippen molar-refractivity contribution in [2.75, 3.05) is 21.1 Å². The van der Waals surface area contributed by atoms with Crippen LogP contribution in [0.5, 0.6) is 0 Å². The Morgan fingerprint density at radius 2 is 1.52 bits per heavy atom. The van der Waals surface area contributed by atoms with Crippen molar-refractivity contribution in [3.63, 3.8) is 0 Å². The first-order valence-electron chi connectivity index (χ1n) is 8.07. The molecule has 0 spiro atoms. The van der Waals surface area contributed by atoms with E-state index in [0.29, 0.717) is 6.42 Å². The van der Waals surface area contributed by atoms with E-state index in [9.17, 15) is 10.2 Å². The molecule has 1 unspecified atom stereocenters. The van der Waals surface area contributed by atoms with Gasteiger partial charge in [-0.2, -0.15) is 0 Å². The molecular formula is C17H35N4OY-. The van der Waals surface area contributed by atoms with Crippen molar-refractivity contribution >= 4 is 11.9 Å². The van der Waals surface area contributed by atoms with Crippen LogP contribution < -0.4 is 0 Å². The molecule has 0 aromatic heterocycles. The second-order valence-electron chi connectivity index (χ2n) is 7.83. The Kier molecular flexibility index (Phi) is 9.04. The van der Waals surface area contributed by atoms with E-state index in [1.54, 1.807) is 30.9 Å². The van der Waals surface area contributed by atoms with Crippen LogP contribution in [0.3, 0.4) is 0 Å². The molecule has 133 valence electrons. The molecule has 1 radical (unpaired) electrons. The molecule has 1 heterocycles. The standard InChI is InChI=1S/C15H29N4O.C2H6.Y/c1-13(2,3)19-11(20)15(6,10-14(19,4)5)18(9)12(16)17(7)8;1-2;/h10H2,1-9H3;1-2H3;/q-1;;. The van der Waals surface area contributed by atoms with Crippen LogP contribution in [0.2, 0.25) is 0 Å². The Balaban J connectivity index is 0. The van der Waals surface area contributed by atoms with E-state index in [-0.39, 0.29) is 55.7 Å². The predicted molar refractivity (Wildman–Crippen MR) is 94.9 cm³/mol. The first-order valence-corrected chi connectivity index (χ1v) is 8.07. The number of hydrogen-bond acceptors (Lipinski definition) is 1. The molecule has 0 aliphatic carbocycles. The molecule has 0 aromatic rings. The van der Waals surface area contributed by atoms with E-state index in [4.69, 9.17) is 0 Å². The first kappa shape index (κ1) is 25.1. The van der Waals surface area contributed by atoms with Gasteiger partial charge in [-0.25, -0.2) is 0 Å². The molecule has 1 fully saturated rings. The van der Waals surface area contributed by atoms with Gasteiger partial charge in [0.2, 0.25) is 5.91 Å². The van der Waals surface area contributed by atoms with Gasteiger partial charge in [-0.1, -0.05) is 13.8 Å². The summed E-state index contributed by atoms with van der Waals surface area (Å²) in [6.07, 6.45) is 0.671. The van der Waals surface area contributed by atoms with Crippen LogP contribution in [-0.4, -0.2) is 64.3 Å². The Morgan fingerprint density at radius 3 is 1.78 bits per heavy atom. The molecular weight excluding hydrogens is 365 g/mol. The van der Waals surface area contributed by atoms with Gasteiger partial charge in [-0.05, 0) is 69.1 Å². The summed E-state index contributed by atoms with van der Waals surface area (Å²) < 4.78 is 0. The van der Waals surface area contributed by atoms with E-state index < -0.39 is 5.54 Å². The first-order chi connectivity index (χ1) is 9.75. The van der Waals surface area contributed by atoms with E-state index >= 15 is 0 Å². The molecule has 0 saturated carbocycles. The maximum Gasteiger partial charge on any atom is 0.235 e. The van der Waals surface area contributed by atoms with E-state index in [1.807, 2.05) is 46.4 Å². The van der Waals surface area contributed by atoms with Gasteiger partial charge in [-0.15, -0.1) is 0 Å². The zero-order valence-corrected chi connectivity index (χ0v) is 19.8. The van der Waals surface area contributed by atoms with Crippen LogP contribution in [0.15, 0.2) is 0 Å². The summed E-state index contributed by atoms with van der Waals surface area (Å²) >= 11 is 0. The molecule has 0 aromatic carbocycles. The van der Waals surface area contributed by atoms with Crippen molar-refractivity contribution in [3.8, 4) is 0 Å². The SMILES string of the molecule is CC.CN(C)C(=[N-])N(C)C1(C)CC(C)(C)N(C(C)(C)C)C1=O.[Y]. The predicted octanol–water partition coefficient (Wildman–Crippen LogP) is 3.00. The third-order valence-corrected chi connectivity index (χ3v) is 4.16. The maximum absolute atomic E-state index is 13.0. The van der Waals surface area contributed by atoms with Gasteiger partial charge >= 0.3 is 0 Å². The van der Waals surface area contributed by atoms with Crippen molar-refractivity contribution in [1.29, 1.82) is 0 Å². The van der Waals surface area contributed by atoms with Gasteiger partial charge in [0.15, 0.2) is 0 Å². The molecule has 1 amide bonds. The average molecular weight is 400 g/mol. The zero-order chi connectivity index (χ0) is 18.1. The summed E-state index contributed by atoms with van der Waals surface area (Å²) in [6, 6.07) is 0. The summed E-state index contributed by atoms with van der Waals surface area (Å²) in [5, 5.41) is 10.2.